The average Bonchev–Trinajstić information content (AvgIpc) is 2.64. The van der Waals surface area contributed by atoms with E-state index in [2.05, 4.69) is 9.72 Å². The average molecular weight is 209 g/mol. The second kappa shape index (κ2) is 3.26. The Morgan fingerprint density at radius 1 is 1.57 bits per heavy atom. The van der Waals surface area contributed by atoms with Gasteiger partial charge in [0.1, 0.15) is 11.3 Å². The molecule has 72 valence electrons. The Labute approximate surface area is 83.8 Å². The van der Waals surface area contributed by atoms with Crippen molar-refractivity contribution in [1.29, 1.82) is 0 Å². The van der Waals surface area contributed by atoms with Gasteiger partial charge in [-0.3, -0.25) is 0 Å². The first-order valence-electron chi connectivity index (χ1n) is 3.87. The van der Waals surface area contributed by atoms with Crippen molar-refractivity contribution in [1.82, 2.24) is 4.98 Å². The molecule has 0 saturated carbocycles. The summed E-state index contributed by atoms with van der Waals surface area (Å²) in [6, 6.07) is 3.01. The van der Waals surface area contributed by atoms with Gasteiger partial charge >= 0.3 is 5.97 Å². The van der Waals surface area contributed by atoms with E-state index in [4.69, 9.17) is 0 Å². The molecule has 0 aliphatic rings. The summed E-state index contributed by atoms with van der Waals surface area (Å²) in [5, 5.41) is 9.52. The van der Waals surface area contributed by atoms with Crippen molar-refractivity contribution in [2.24, 2.45) is 0 Å². The number of nitrogens with zero attached hydrogens (tertiary/aromatic N) is 1. The van der Waals surface area contributed by atoms with Gasteiger partial charge in [0, 0.05) is 0 Å². The lowest BCUT2D eigenvalue weighted by Crippen LogP contribution is -2.00. The van der Waals surface area contributed by atoms with Crippen LogP contribution in [0.4, 0.5) is 0 Å². The van der Waals surface area contributed by atoms with Gasteiger partial charge in [-0.25, -0.2) is 9.78 Å². The molecule has 1 aromatic heterocycles. The molecule has 0 saturated heterocycles. The Balaban J connectivity index is 2.64. The molecule has 0 aliphatic heterocycles. The van der Waals surface area contributed by atoms with Gasteiger partial charge in [-0.15, -0.1) is 11.3 Å². The van der Waals surface area contributed by atoms with Crippen LogP contribution in [-0.2, 0) is 4.74 Å². The van der Waals surface area contributed by atoms with Crippen LogP contribution in [-0.4, -0.2) is 23.2 Å². The SMILES string of the molecule is COC(=O)c1cc(O)c2ncsc2c1. The van der Waals surface area contributed by atoms with Crippen molar-refractivity contribution in [3.63, 3.8) is 0 Å². The van der Waals surface area contributed by atoms with Crippen LogP contribution >= 0.6 is 11.3 Å². The molecule has 1 aromatic carbocycles. The molecule has 1 N–H and O–H groups in total. The first-order chi connectivity index (χ1) is 6.72. The van der Waals surface area contributed by atoms with E-state index < -0.39 is 5.97 Å². The fraction of sp³-hybridized carbons (Fsp3) is 0.111. The van der Waals surface area contributed by atoms with Crippen molar-refractivity contribution in [3.05, 3.63) is 23.2 Å². The molecule has 0 fully saturated rings. The van der Waals surface area contributed by atoms with Crippen LogP contribution in [0, 0.1) is 0 Å². The molecule has 1 heterocycles. The second-order valence-corrected chi connectivity index (χ2v) is 3.57. The Bertz CT molecular complexity index is 492. The molecule has 5 heteroatoms. The van der Waals surface area contributed by atoms with Crippen LogP contribution in [0.3, 0.4) is 0 Å². The number of hydrogen-bond donors (Lipinski definition) is 1. The summed E-state index contributed by atoms with van der Waals surface area (Å²) in [7, 11) is 1.30. The zero-order valence-corrected chi connectivity index (χ0v) is 8.17. The Hall–Kier alpha value is -1.62. The lowest BCUT2D eigenvalue weighted by molar-refractivity contribution is 0.0600. The lowest BCUT2D eigenvalue weighted by Gasteiger charge is -2.00. The molecule has 2 rings (SSSR count). The summed E-state index contributed by atoms with van der Waals surface area (Å²) >= 11 is 1.36. The van der Waals surface area contributed by atoms with Gasteiger partial charge in [0.25, 0.3) is 0 Å². The van der Waals surface area contributed by atoms with Crippen LogP contribution in [0.1, 0.15) is 10.4 Å². The molecule has 0 amide bonds. The van der Waals surface area contributed by atoms with E-state index in [1.54, 1.807) is 11.6 Å². The number of thiazole rings is 1. The number of fused-ring (bicyclic) bond motifs is 1. The highest BCUT2D eigenvalue weighted by atomic mass is 32.1. The van der Waals surface area contributed by atoms with Crippen molar-refractivity contribution in [2.45, 2.75) is 0 Å². The van der Waals surface area contributed by atoms with Crippen LogP contribution in [0.25, 0.3) is 10.2 Å². The molecular weight excluding hydrogens is 202 g/mol. The summed E-state index contributed by atoms with van der Waals surface area (Å²) in [5.74, 6) is -0.459. The van der Waals surface area contributed by atoms with E-state index in [1.165, 1.54) is 24.5 Å². The monoisotopic (exact) mass is 209 g/mol. The summed E-state index contributed by atoms with van der Waals surface area (Å²) in [6.45, 7) is 0. The number of aromatic nitrogens is 1. The standard InChI is InChI=1S/C9H7NO3S/c1-13-9(12)5-2-6(11)8-7(3-5)14-4-10-8/h2-4,11H,1H3. The third-order valence-corrected chi connectivity index (χ3v) is 2.61. The van der Waals surface area contributed by atoms with Gasteiger partial charge in [0.15, 0.2) is 0 Å². The fourth-order valence-corrected chi connectivity index (χ4v) is 1.92. The quantitative estimate of drug-likeness (QED) is 0.727. The van der Waals surface area contributed by atoms with Crippen LogP contribution in [0.15, 0.2) is 17.6 Å². The highest BCUT2D eigenvalue weighted by Crippen LogP contribution is 2.28. The van der Waals surface area contributed by atoms with Gasteiger partial charge in [-0.05, 0) is 12.1 Å². The number of phenolic OH excluding ortho intramolecular Hbond substituents is 1. The predicted octanol–water partition coefficient (Wildman–Crippen LogP) is 1.79. The third-order valence-electron chi connectivity index (χ3n) is 1.84. The van der Waals surface area contributed by atoms with Gasteiger partial charge in [0.2, 0.25) is 0 Å². The number of benzene rings is 1. The number of ether oxygens (including phenoxy) is 1. The predicted molar refractivity (Wildman–Crippen MR) is 52.6 cm³/mol. The molecule has 0 atom stereocenters. The summed E-state index contributed by atoms with van der Waals surface area (Å²) in [6.07, 6.45) is 0. The largest absolute Gasteiger partial charge is 0.506 e. The van der Waals surface area contributed by atoms with Crippen molar-refractivity contribution in [2.75, 3.05) is 7.11 Å². The zero-order valence-electron chi connectivity index (χ0n) is 7.35. The van der Waals surface area contributed by atoms with E-state index in [9.17, 15) is 9.90 Å². The Morgan fingerprint density at radius 3 is 3.07 bits per heavy atom. The van der Waals surface area contributed by atoms with Crippen molar-refractivity contribution >= 4 is 27.5 Å². The van der Waals surface area contributed by atoms with E-state index in [0.717, 1.165) is 4.70 Å². The highest BCUT2D eigenvalue weighted by molar-refractivity contribution is 7.16. The number of rotatable bonds is 1. The molecule has 0 spiro atoms. The fourth-order valence-electron chi connectivity index (χ4n) is 1.18. The summed E-state index contributed by atoms with van der Waals surface area (Å²) in [5.41, 5.74) is 2.47. The van der Waals surface area contributed by atoms with E-state index in [0.29, 0.717) is 11.1 Å². The molecule has 14 heavy (non-hydrogen) atoms. The normalized spacial score (nSPS) is 10.4. The molecule has 4 nitrogen and oxygen atoms in total. The van der Waals surface area contributed by atoms with Gasteiger partial charge in [-0.1, -0.05) is 0 Å². The van der Waals surface area contributed by atoms with Crippen LogP contribution in [0.5, 0.6) is 5.75 Å². The highest BCUT2D eigenvalue weighted by Gasteiger charge is 2.11. The smallest absolute Gasteiger partial charge is 0.338 e. The Kier molecular flexibility index (Phi) is 2.09. The first-order valence-corrected chi connectivity index (χ1v) is 4.75. The van der Waals surface area contributed by atoms with Crippen LogP contribution < -0.4 is 0 Å². The summed E-state index contributed by atoms with van der Waals surface area (Å²) in [4.78, 5) is 15.1. The van der Waals surface area contributed by atoms with E-state index in [-0.39, 0.29) is 5.75 Å². The molecular formula is C9H7NO3S. The Morgan fingerprint density at radius 2 is 2.36 bits per heavy atom. The molecule has 0 radical (unpaired) electrons. The topological polar surface area (TPSA) is 59.4 Å². The number of hydrogen-bond acceptors (Lipinski definition) is 5. The minimum Gasteiger partial charge on any atom is -0.506 e. The number of methoxy groups -OCH3 is 1. The van der Waals surface area contributed by atoms with E-state index in [1.807, 2.05) is 0 Å². The van der Waals surface area contributed by atoms with Crippen molar-refractivity contribution < 1.29 is 14.6 Å². The number of phenols is 1. The maximum absolute atomic E-state index is 11.2. The van der Waals surface area contributed by atoms with E-state index >= 15 is 0 Å². The minimum atomic E-state index is -0.462. The maximum atomic E-state index is 11.2. The number of aromatic hydroxyl groups is 1. The zero-order chi connectivity index (χ0) is 10.1. The summed E-state index contributed by atoms with van der Waals surface area (Å²) < 4.78 is 5.32. The molecule has 2 aromatic rings. The molecule has 0 unspecified atom stereocenters. The van der Waals surface area contributed by atoms with Crippen LogP contribution in [0.2, 0.25) is 0 Å². The maximum Gasteiger partial charge on any atom is 0.338 e. The first kappa shape index (κ1) is 8.96. The molecule has 0 aliphatic carbocycles. The van der Waals surface area contributed by atoms with Gasteiger partial charge in [-0.2, -0.15) is 0 Å². The van der Waals surface area contributed by atoms with Gasteiger partial charge < -0.3 is 9.84 Å². The van der Waals surface area contributed by atoms with Crippen molar-refractivity contribution in [3.8, 4) is 5.75 Å². The number of esters is 1. The number of carbonyl (C=O) groups is 1. The second-order valence-electron chi connectivity index (χ2n) is 2.69. The minimum absolute atomic E-state index is 0.00384. The molecule has 0 bridgehead atoms. The van der Waals surface area contributed by atoms with Gasteiger partial charge in [0.05, 0.1) is 22.9 Å². The lowest BCUT2D eigenvalue weighted by atomic mass is 10.2. The number of carbonyl (C=O) groups excluding carboxylic acids is 1. The third kappa shape index (κ3) is 1.31.